The van der Waals surface area contributed by atoms with E-state index in [1.165, 1.54) is 77.0 Å². The van der Waals surface area contributed by atoms with E-state index < -0.39 is 5.79 Å². The van der Waals surface area contributed by atoms with Crippen LogP contribution in [0.2, 0.25) is 10.0 Å². The molecule has 0 radical (unpaired) electrons. The first-order chi connectivity index (χ1) is 19.9. The first kappa shape index (κ1) is 32.7. The molecule has 1 aromatic carbocycles. The maximum atomic E-state index is 6.34. The van der Waals surface area contributed by atoms with Gasteiger partial charge in [-0.3, -0.25) is 4.90 Å². The summed E-state index contributed by atoms with van der Waals surface area (Å²) in [6.07, 6.45) is 20.8. The van der Waals surface area contributed by atoms with Gasteiger partial charge in [0.15, 0.2) is 0 Å². The second kappa shape index (κ2) is 16.6. The van der Waals surface area contributed by atoms with E-state index in [1.54, 1.807) is 23.1 Å². The van der Waals surface area contributed by atoms with Crippen molar-refractivity contribution in [1.29, 1.82) is 0 Å². The molecule has 5 rings (SSSR count). The van der Waals surface area contributed by atoms with E-state index in [9.17, 15) is 0 Å². The Morgan fingerprint density at radius 2 is 1.56 bits per heavy atom. The van der Waals surface area contributed by atoms with Gasteiger partial charge in [-0.15, -0.1) is 0 Å². The highest BCUT2D eigenvalue weighted by molar-refractivity contribution is 6.35. The van der Waals surface area contributed by atoms with Crippen LogP contribution in [0.3, 0.4) is 0 Å². The van der Waals surface area contributed by atoms with Gasteiger partial charge in [0.1, 0.15) is 19.2 Å². The summed E-state index contributed by atoms with van der Waals surface area (Å²) in [6, 6.07) is 6.12. The predicted molar refractivity (Wildman–Crippen MR) is 165 cm³/mol. The molecule has 0 N–H and O–H groups in total. The van der Waals surface area contributed by atoms with Crippen molar-refractivity contribution in [3.05, 3.63) is 46.5 Å². The lowest BCUT2D eigenvalue weighted by atomic mass is 9.96. The van der Waals surface area contributed by atoms with Gasteiger partial charge in [0.05, 0.1) is 29.9 Å². The average molecular weight is 610 g/mol. The summed E-state index contributed by atoms with van der Waals surface area (Å²) in [5.74, 6) is -0.962. The highest BCUT2D eigenvalue weighted by Crippen LogP contribution is 2.40. The molecule has 2 saturated heterocycles. The third kappa shape index (κ3) is 9.90. The van der Waals surface area contributed by atoms with Crippen molar-refractivity contribution in [2.24, 2.45) is 0 Å². The smallest absolute Gasteiger partial charge is 0.217 e. The lowest BCUT2D eigenvalue weighted by Crippen LogP contribution is -2.50. The number of aromatic nitrogens is 3. The zero-order valence-electron chi connectivity index (χ0n) is 25.3. The van der Waals surface area contributed by atoms with E-state index in [0.717, 1.165) is 31.1 Å². The summed E-state index contributed by atoms with van der Waals surface area (Å²) >= 11 is 12.3. The molecule has 0 amide bonds. The van der Waals surface area contributed by atoms with Gasteiger partial charge < -0.3 is 14.2 Å². The van der Waals surface area contributed by atoms with Crippen molar-refractivity contribution in [3.63, 3.8) is 0 Å². The van der Waals surface area contributed by atoms with Gasteiger partial charge in [0, 0.05) is 29.7 Å². The molecule has 1 aliphatic carbocycles. The molecule has 1 saturated carbocycles. The van der Waals surface area contributed by atoms with Crippen LogP contribution in [0.25, 0.3) is 0 Å². The zero-order valence-corrected chi connectivity index (χ0v) is 26.8. The van der Waals surface area contributed by atoms with Gasteiger partial charge in [-0.05, 0) is 45.2 Å². The van der Waals surface area contributed by atoms with Crippen LogP contribution in [0.5, 0.6) is 0 Å². The molecule has 2 aromatic rings. The minimum Gasteiger partial charge on any atom is -0.373 e. The van der Waals surface area contributed by atoms with Crippen molar-refractivity contribution in [3.8, 4) is 0 Å². The van der Waals surface area contributed by atoms with Crippen molar-refractivity contribution in [1.82, 2.24) is 19.7 Å². The van der Waals surface area contributed by atoms with E-state index in [1.807, 2.05) is 6.07 Å². The van der Waals surface area contributed by atoms with Crippen LogP contribution in [0.4, 0.5) is 0 Å². The van der Waals surface area contributed by atoms with Gasteiger partial charge in [0.25, 0.3) is 0 Å². The average Bonchev–Trinajstić information content (AvgIpc) is 3.59. The monoisotopic (exact) mass is 608 g/mol. The van der Waals surface area contributed by atoms with E-state index in [0.29, 0.717) is 35.4 Å². The molecule has 2 aliphatic heterocycles. The molecule has 7 nitrogen and oxygen atoms in total. The molecule has 3 aliphatic rings. The summed E-state index contributed by atoms with van der Waals surface area (Å²) in [4.78, 5) is 6.69. The first-order valence-electron chi connectivity index (χ1n) is 15.9. The van der Waals surface area contributed by atoms with Crippen LogP contribution in [0.15, 0.2) is 30.9 Å². The molecule has 4 atom stereocenters. The number of hydrogen-bond acceptors (Lipinski definition) is 6. The van der Waals surface area contributed by atoms with Crippen molar-refractivity contribution in [2.45, 2.75) is 135 Å². The Kier molecular flexibility index (Phi) is 13.2. The summed E-state index contributed by atoms with van der Waals surface area (Å²) in [5, 5.41) is 5.21. The third-order valence-corrected chi connectivity index (χ3v) is 9.08. The van der Waals surface area contributed by atoms with Gasteiger partial charge in [-0.2, -0.15) is 5.10 Å². The van der Waals surface area contributed by atoms with Crippen LogP contribution < -0.4 is 0 Å². The first-order valence-corrected chi connectivity index (χ1v) is 16.6. The van der Waals surface area contributed by atoms with Gasteiger partial charge in [-0.1, -0.05) is 94.0 Å². The lowest BCUT2D eigenvalue weighted by Gasteiger charge is -2.40. The van der Waals surface area contributed by atoms with E-state index in [2.05, 4.69) is 35.8 Å². The van der Waals surface area contributed by atoms with Gasteiger partial charge in [0.2, 0.25) is 5.79 Å². The van der Waals surface area contributed by atoms with Crippen molar-refractivity contribution in [2.75, 3.05) is 19.7 Å². The summed E-state index contributed by atoms with van der Waals surface area (Å²) < 4.78 is 19.7. The largest absolute Gasteiger partial charge is 0.373 e. The third-order valence-electron chi connectivity index (χ3n) is 8.53. The van der Waals surface area contributed by atoms with Crippen LogP contribution in [0.1, 0.15) is 103 Å². The molecule has 230 valence electrons. The van der Waals surface area contributed by atoms with Crippen molar-refractivity contribution >= 4 is 23.2 Å². The van der Waals surface area contributed by atoms with Crippen LogP contribution in [-0.2, 0) is 26.5 Å². The highest BCUT2D eigenvalue weighted by Gasteiger charge is 2.44. The fourth-order valence-electron chi connectivity index (χ4n) is 6.42. The highest BCUT2D eigenvalue weighted by atomic mass is 35.5. The second-order valence-electron chi connectivity index (χ2n) is 12.1. The Hall–Kier alpha value is -1.22. The molecule has 3 fully saturated rings. The van der Waals surface area contributed by atoms with E-state index >= 15 is 0 Å². The Labute approximate surface area is 257 Å². The quantitative estimate of drug-likeness (QED) is 0.342. The van der Waals surface area contributed by atoms with Crippen molar-refractivity contribution < 1.29 is 14.2 Å². The minimum absolute atomic E-state index is 0.0280. The molecule has 0 spiro atoms. The number of morpholine rings is 1. The summed E-state index contributed by atoms with van der Waals surface area (Å²) in [5.41, 5.74) is 0.750. The number of ether oxygens (including phenoxy) is 3. The Morgan fingerprint density at radius 3 is 2.10 bits per heavy atom. The lowest BCUT2D eigenvalue weighted by molar-refractivity contribution is -0.188. The second-order valence-corrected chi connectivity index (χ2v) is 12.9. The topological polar surface area (TPSA) is 61.6 Å². The molecule has 0 bridgehead atoms. The number of benzene rings is 1. The molecular weight excluding hydrogens is 559 g/mol. The predicted octanol–water partition coefficient (Wildman–Crippen LogP) is 8.03. The van der Waals surface area contributed by atoms with E-state index in [-0.39, 0.29) is 6.10 Å². The molecule has 41 heavy (non-hydrogen) atoms. The SMILES string of the molecule is CC1CN(C2CCCCCCCCCCC2)CC(C)O1.CCC1COC(Cn2cncn2)(c2ccc(Cl)cc2Cl)O1. The minimum atomic E-state index is -0.962. The van der Waals surface area contributed by atoms with Crippen LogP contribution >= 0.6 is 23.2 Å². The van der Waals surface area contributed by atoms with E-state index in [4.69, 9.17) is 37.4 Å². The van der Waals surface area contributed by atoms with Crippen LogP contribution in [0, 0.1) is 0 Å². The van der Waals surface area contributed by atoms with Gasteiger partial charge in [-0.25, -0.2) is 9.67 Å². The number of rotatable bonds is 5. The zero-order chi connectivity index (χ0) is 29.1. The normalized spacial score (nSPS) is 29.2. The molecule has 3 heterocycles. The fourth-order valence-corrected chi connectivity index (χ4v) is 6.98. The Balaban J connectivity index is 0.000000189. The number of halogens is 2. The molecule has 9 heteroatoms. The maximum absolute atomic E-state index is 6.34. The fraction of sp³-hybridized carbons (Fsp3) is 0.750. The number of nitrogens with zero attached hydrogens (tertiary/aromatic N) is 4. The number of hydrogen-bond donors (Lipinski definition) is 0. The molecule has 4 unspecified atom stereocenters. The van der Waals surface area contributed by atoms with Crippen LogP contribution in [-0.4, -0.2) is 63.7 Å². The standard InChI is InChI=1S/C18H35NO.C14H15Cl2N3O2/c1-16-14-19(15-17(2)20-16)18-12-10-8-6-4-3-5-7-9-11-13-18;1-2-11-6-20-14(21-11,7-19-9-17-8-18-19)12-4-3-10(15)5-13(12)16/h16-18H,3-15H2,1-2H3;3-5,8-9,11H,2,6-7H2,1H3. The summed E-state index contributed by atoms with van der Waals surface area (Å²) in [6.45, 7) is 9.72. The maximum Gasteiger partial charge on any atom is 0.217 e. The van der Waals surface area contributed by atoms with Gasteiger partial charge >= 0.3 is 0 Å². The molecular formula is C32H50Cl2N4O3. The molecule has 1 aromatic heterocycles. The Bertz CT molecular complexity index is 1000. The summed E-state index contributed by atoms with van der Waals surface area (Å²) in [7, 11) is 0. The Morgan fingerprint density at radius 1 is 0.927 bits per heavy atom.